The molecule has 2 rings (SSSR count). The second-order valence-corrected chi connectivity index (χ2v) is 5.45. The van der Waals surface area contributed by atoms with Gasteiger partial charge in [-0.1, -0.05) is 13.8 Å². The van der Waals surface area contributed by atoms with Crippen molar-refractivity contribution in [3.05, 3.63) is 0 Å². The molecule has 2 heterocycles. The fraction of sp³-hybridized carbons (Fsp3) is 1.00. The van der Waals surface area contributed by atoms with Crippen molar-refractivity contribution in [2.75, 3.05) is 33.4 Å². The lowest BCUT2D eigenvalue weighted by Gasteiger charge is -2.40. The van der Waals surface area contributed by atoms with Gasteiger partial charge in [0.25, 0.3) is 0 Å². The van der Waals surface area contributed by atoms with Gasteiger partial charge in [0.2, 0.25) is 0 Å². The lowest BCUT2D eigenvalue weighted by molar-refractivity contribution is -0.0534. The summed E-state index contributed by atoms with van der Waals surface area (Å²) in [6, 6.07) is 0.691. The predicted molar refractivity (Wildman–Crippen MR) is 66.7 cm³/mol. The van der Waals surface area contributed by atoms with E-state index in [1.54, 1.807) is 7.11 Å². The van der Waals surface area contributed by atoms with Crippen LogP contribution in [-0.2, 0) is 9.47 Å². The molecule has 0 atom stereocenters. The predicted octanol–water partition coefficient (Wildman–Crippen LogP) is 2.01. The van der Waals surface area contributed by atoms with Crippen molar-refractivity contribution >= 4 is 0 Å². The van der Waals surface area contributed by atoms with Gasteiger partial charge in [0.15, 0.2) is 0 Å². The molecule has 3 heteroatoms. The summed E-state index contributed by atoms with van der Waals surface area (Å²) >= 11 is 0. The van der Waals surface area contributed by atoms with Gasteiger partial charge in [-0.3, -0.25) is 4.90 Å². The Bertz CT molecular complexity index is 184. The van der Waals surface area contributed by atoms with Crippen LogP contribution < -0.4 is 0 Å². The summed E-state index contributed by atoms with van der Waals surface area (Å²) < 4.78 is 10.1. The Morgan fingerprint density at radius 2 is 1.69 bits per heavy atom. The SMILES string of the molecule is CC(C)C1COC1.COC1CN(C(C)C)C1. The fourth-order valence-corrected chi connectivity index (χ4v) is 1.68. The molecule has 0 spiro atoms. The Kier molecular flexibility index (Phi) is 5.73. The summed E-state index contributed by atoms with van der Waals surface area (Å²) in [4.78, 5) is 2.40. The summed E-state index contributed by atoms with van der Waals surface area (Å²) in [7, 11) is 1.78. The Balaban J connectivity index is 0.000000165. The van der Waals surface area contributed by atoms with Crippen molar-refractivity contribution in [2.45, 2.75) is 39.8 Å². The number of hydrogen-bond donors (Lipinski definition) is 0. The van der Waals surface area contributed by atoms with Gasteiger partial charge < -0.3 is 9.47 Å². The van der Waals surface area contributed by atoms with Gasteiger partial charge in [0, 0.05) is 32.2 Å². The van der Waals surface area contributed by atoms with Crippen LogP contribution in [0.3, 0.4) is 0 Å². The number of likely N-dealkylation sites (tertiary alicyclic amines) is 1. The number of ether oxygens (including phenoxy) is 2. The summed E-state index contributed by atoms with van der Waals surface area (Å²) in [5, 5.41) is 0. The number of hydrogen-bond acceptors (Lipinski definition) is 3. The topological polar surface area (TPSA) is 21.7 Å². The molecule has 0 bridgehead atoms. The molecule has 0 aromatic rings. The van der Waals surface area contributed by atoms with Crippen LogP contribution in [0.4, 0.5) is 0 Å². The molecule has 0 saturated carbocycles. The van der Waals surface area contributed by atoms with Gasteiger partial charge in [0.1, 0.15) is 0 Å². The highest BCUT2D eigenvalue weighted by Crippen LogP contribution is 2.18. The van der Waals surface area contributed by atoms with Crippen molar-refractivity contribution in [2.24, 2.45) is 11.8 Å². The van der Waals surface area contributed by atoms with E-state index in [0.717, 1.165) is 38.1 Å². The number of methoxy groups -OCH3 is 1. The minimum Gasteiger partial charge on any atom is -0.381 e. The third-order valence-electron chi connectivity index (χ3n) is 3.55. The van der Waals surface area contributed by atoms with Crippen LogP contribution in [0.25, 0.3) is 0 Å². The Morgan fingerprint density at radius 1 is 1.12 bits per heavy atom. The van der Waals surface area contributed by atoms with E-state index >= 15 is 0 Å². The normalized spacial score (nSPS) is 22.7. The van der Waals surface area contributed by atoms with Crippen molar-refractivity contribution in [1.29, 1.82) is 0 Å². The van der Waals surface area contributed by atoms with Crippen molar-refractivity contribution in [3.8, 4) is 0 Å². The molecule has 0 amide bonds. The standard InChI is InChI=1S/C7H15NO.C6H12O/c1-6(2)8-4-7(5-8)9-3;1-5(2)6-3-7-4-6/h6-7H,4-5H2,1-3H3;5-6H,3-4H2,1-2H3. The Hall–Kier alpha value is -0.120. The third kappa shape index (κ3) is 4.04. The first-order valence-electron chi connectivity index (χ1n) is 6.39. The molecule has 0 aromatic heterocycles. The van der Waals surface area contributed by atoms with E-state index in [9.17, 15) is 0 Å². The molecular weight excluding hydrogens is 202 g/mol. The van der Waals surface area contributed by atoms with E-state index in [-0.39, 0.29) is 0 Å². The summed E-state index contributed by atoms with van der Waals surface area (Å²) in [5.74, 6) is 1.69. The maximum atomic E-state index is 5.12. The van der Waals surface area contributed by atoms with Crippen molar-refractivity contribution in [3.63, 3.8) is 0 Å². The van der Waals surface area contributed by atoms with E-state index in [1.807, 2.05) is 0 Å². The lowest BCUT2D eigenvalue weighted by atomic mass is 9.95. The molecule has 16 heavy (non-hydrogen) atoms. The molecule has 0 N–H and O–H groups in total. The van der Waals surface area contributed by atoms with Crippen LogP contribution >= 0.6 is 0 Å². The van der Waals surface area contributed by atoms with E-state index in [2.05, 4.69) is 32.6 Å². The molecule has 2 fully saturated rings. The van der Waals surface area contributed by atoms with Gasteiger partial charge in [0.05, 0.1) is 19.3 Å². The van der Waals surface area contributed by atoms with Crippen molar-refractivity contribution < 1.29 is 9.47 Å². The second-order valence-electron chi connectivity index (χ2n) is 5.45. The first-order valence-corrected chi connectivity index (χ1v) is 6.39. The molecule has 2 aliphatic rings. The summed E-state index contributed by atoms with van der Waals surface area (Å²) in [6.07, 6.45) is 0.507. The third-order valence-corrected chi connectivity index (χ3v) is 3.55. The molecule has 2 saturated heterocycles. The van der Waals surface area contributed by atoms with Crippen LogP contribution in [0.15, 0.2) is 0 Å². The maximum Gasteiger partial charge on any atom is 0.0825 e. The van der Waals surface area contributed by atoms with Gasteiger partial charge in [-0.05, 0) is 19.8 Å². The molecule has 3 nitrogen and oxygen atoms in total. The zero-order valence-electron chi connectivity index (χ0n) is 11.4. The Labute approximate surface area is 100 Å². The van der Waals surface area contributed by atoms with Gasteiger partial charge in [-0.25, -0.2) is 0 Å². The molecule has 0 unspecified atom stereocenters. The fourth-order valence-electron chi connectivity index (χ4n) is 1.68. The highest BCUT2D eigenvalue weighted by atomic mass is 16.5. The van der Waals surface area contributed by atoms with Crippen LogP contribution in [0.5, 0.6) is 0 Å². The van der Waals surface area contributed by atoms with Gasteiger partial charge in [-0.2, -0.15) is 0 Å². The number of nitrogens with zero attached hydrogens (tertiary/aromatic N) is 1. The van der Waals surface area contributed by atoms with Crippen LogP contribution in [0, 0.1) is 11.8 Å². The number of rotatable bonds is 3. The molecule has 2 aliphatic heterocycles. The second kappa shape index (κ2) is 6.58. The van der Waals surface area contributed by atoms with E-state index in [1.165, 1.54) is 0 Å². The average molecular weight is 229 g/mol. The molecule has 0 aromatic carbocycles. The van der Waals surface area contributed by atoms with Crippen LogP contribution in [0.2, 0.25) is 0 Å². The van der Waals surface area contributed by atoms with Gasteiger partial charge in [-0.15, -0.1) is 0 Å². The zero-order valence-corrected chi connectivity index (χ0v) is 11.4. The lowest BCUT2D eigenvalue weighted by Crippen LogP contribution is -2.54. The smallest absolute Gasteiger partial charge is 0.0825 e. The van der Waals surface area contributed by atoms with E-state index in [4.69, 9.17) is 9.47 Å². The minimum atomic E-state index is 0.507. The monoisotopic (exact) mass is 229 g/mol. The minimum absolute atomic E-state index is 0.507. The van der Waals surface area contributed by atoms with Crippen LogP contribution in [0.1, 0.15) is 27.7 Å². The van der Waals surface area contributed by atoms with E-state index < -0.39 is 0 Å². The molecule has 0 aliphatic carbocycles. The quantitative estimate of drug-likeness (QED) is 0.739. The van der Waals surface area contributed by atoms with E-state index in [0.29, 0.717) is 12.1 Å². The summed E-state index contributed by atoms with van der Waals surface area (Å²) in [6.45, 7) is 13.1. The van der Waals surface area contributed by atoms with Gasteiger partial charge >= 0.3 is 0 Å². The first kappa shape index (κ1) is 13.9. The largest absolute Gasteiger partial charge is 0.381 e. The summed E-state index contributed by atoms with van der Waals surface area (Å²) in [5.41, 5.74) is 0. The van der Waals surface area contributed by atoms with Crippen molar-refractivity contribution in [1.82, 2.24) is 4.90 Å². The zero-order chi connectivity index (χ0) is 12.1. The highest BCUT2D eigenvalue weighted by molar-refractivity contribution is 4.82. The highest BCUT2D eigenvalue weighted by Gasteiger charge is 2.27. The molecule has 0 radical (unpaired) electrons. The van der Waals surface area contributed by atoms with Crippen LogP contribution in [-0.4, -0.2) is 50.5 Å². The average Bonchev–Trinajstić information content (AvgIpc) is 1.97. The Morgan fingerprint density at radius 3 is 1.88 bits per heavy atom. The molecular formula is C13H27NO2. The first-order chi connectivity index (χ1) is 7.54. The maximum absolute atomic E-state index is 5.12. The molecule has 96 valence electrons.